The summed E-state index contributed by atoms with van der Waals surface area (Å²) in [4.78, 5) is 10.8. The molecule has 0 heterocycles. The molecule has 1 fully saturated rings. The number of rotatable bonds is 1. The molecule has 0 aromatic carbocycles. The van der Waals surface area contributed by atoms with Crippen molar-refractivity contribution in [2.24, 2.45) is 11.8 Å². The van der Waals surface area contributed by atoms with E-state index < -0.39 is 0 Å². The lowest BCUT2D eigenvalue weighted by molar-refractivity contribution is -0.109. The zero-order valence-electron chi connectivity index (χ0n) is 6.62. The third-order valence-corrected chi connectivity index (χ3v) is 3.71. The van der Waals surface area contributed by atoms with E-state index in [1.54, 1.807) is 6.92 Å². The summed E-state index contributed by atoms with van der Waals surface area (Å²) in [6.07, 6.45) is 7.12. The Hall–Kier alpha value is -0.240. The van der Waals surface area contributed by atoms with Gasteiger partial charge in [0.25, 0.3) is 0 Å². The molecule has 0 aromatic rings. The SMILES string of the molecule is CC(=O)SC1CC2C=CC1C2. The minimum atomic E-state index is 0.274. The number of thioether (sulfide) groups is 1. The third-order valence-electron chi connectivity index (χ3n) is 2.54. The number of fused-ring (bicyclic) bond motifs is 2. The van der Waals surface area contributed by atoms with Gasteiger partial charge in [-0.05, 0) is 24.7 Å². The molecule has 0 saturated heterocycles. The fourth-order valence-electron chi connectivity index (χ4n) is 2.08. The summed E-state index contributed by atoms with van der Waals surface area (Å²) in [5.74, 6) is 1.49. The number of hydrogen-bond acceptors (Lipinski definition) is 2. The standard InChI is InChI=1S/C9H12OS/c1-6(10)11-9-5-7-2-3-8(9)4-7/h2-3,7-9H,4-5H2,1H3. The zero-order valence-corrected chi connectivity index (χ0v) is 7.43. The van der Waals surface area contributed by atoms with Crippen LogP contribution in [0.15, 0.2) is 12.2 Å². The van der Waals surface area contributed by atoms with E-state index in [1.165, 1.54) is 24.6 Å². The van der Waals surface area contributed by atoms with Crippen molar-refractivity contribution in [2.75, 3.05) is 0 Å². The molecule has 3 atom stereocenters. The van der Waals surface area contributed by atoms with Gasteiger partial charge >= 0.3 is 0 Å². The van der Waals surface area contributed by atoms with Gasteiger partial charge in [0.15, 0.2) is 5.12 Å². The van der Waals surface area contributed by atoms with Gasteiger partial charge in [-0.1, -0.05) is 23.9 Å². The van der Waals surface area contributed by atoms with Gasteiger partial charge in [0.1, 0.15) is 0 Å². The molecule has 60 valence electrons. The van der Waals surface area contributed by atoms with Gasteiger partial charge in [0.05, 0.1) is 0 Å². The molecule has 0 N–H and O–H groups in total. The van der Waals surface area contributed by atoms with Crippen molar-refractivity contribution in [1.82, 2.24) is 0 Å². The lowest BCUT2D eigenvalue weighted by atomic mass is 10.1. The molecule has 1 nitrogen and oxygen atoms in total. The molecule has 0 aromatic heterocycles. The van der Waals surface area contributed by atoms with Crippen molar-refractivity contribution in [1.29, 1.82) is 0 Å². The van der Waals surface area contributed by atoms with Crippen molar-refractivity contribution in [3.8, 4) is 0 Å². The number of carbonyl (C=O) groups excluding carboxylic acids is 1. The topological polar surface area (TPSA) is 17.1 Å². The lowest BCUT2D eigenvalue weighted by Crippen LogP contribution is -2.10. The Morgan fingerprint density at radius 1 is 1.45 bits per heavy atom. The summed E-state index contributed by atoms with van der Waals surface area (Å²) in [7, 11) is 0. The van der Waals surface area contributed by atoms with E-state index >= 15 is 0 Å². The Balaban J connectivity index is 1.98. The first-order chi connectivity index (χ1) is 5.25. The van der Waals surface area contributed by atoms with E-state index in [2.05, 4.69) is 12.2 Å². The first-order valence-corrected chi connectivity index (χ1v) is 4.99. The molecule has 2 bridgehead atoms. The smallest absolute Gasteiger partial charge is 0.186 e. The largest absolute Gasteiger partial charge is 0.288 e. The lowest BCUT2D eigenvalue weighted by Gasteiger charge is -2.14. The summed E-state index contributed by atoms with van der Waals surface area (Å²) in [5, 5.41) is 0.874. The van der Waals surface area contributed by atoms with Crippen molar-refractivity contribution in [3.05, 3.63) is 12.2 Å². The molecule has 11 heavy (non-hydrogen) atoms. The molecule has 1 saturated carbocycles. The van der Waals surface area contributed by atoms with E-state index in [9.17, 15) is 4.79 Å². The Morgan fingerprint density at radius 3 is 2.73 bits per heavy atom. The second kappa shape index (κ2) is 2.67. The van der Waals surface area contributed by atoms with Crippen LogP contribution in [0.1, 0.15) is 19.8 Å². The fourth-order valence-corrected chi connectivity index (χ4v) is 3.23. The van der Waals surface area contributed by atoms with Crippen LogP contribution in [0.4, 0.5) is 0 Å². The number of carbonyl (C=O) groups is 1. The molecule has 2 heteroatoms. The van der Waals surface area contributed by atoms with E-state index in [0.29, 0.717) is 11.2 Å². The van der Waals surface area contributed by atoms with E-state index in [4.69, 9.17) is 0 Å². The normalized spacial score (nSPS) is 39.9. The second-order valence-corrected chi connectivity index (χ2v) is 4.84. The Bertz CT molecular complexity index is 210. The molecule has 3 unspecified atom stereocenters. The molecule has 0 aliphatic heterocycles. The maximum absolute atomic E-state index is 10.8. The maximum atomic E-state index is 10.8. The Morgan fingerprint density at radius 2 is 2.27 bits per heavy atom. The molecule has 0 radical (unpaired) electrons. The Kier molecular flexibility index (Phi) is 1.80. The zero-order chi connectivity index (χ0) is 7.84. The fraction of sp³-hybridized carbons (Fsp3) is 0.667. The van der Waals surface area contributed by atoms with Crippen LogP contribution in [0.3, 0.4) is 0 Å². The predicted molar refractivity (Wildman–Crippen MR) is 47.4 cm³/mol. The van der Waals surface area contributed by atoms with Crippen LogP contribution < -0.4 is 0 Å². The van der Waals surface area contributed by atoms with Gasteiger partial charge in [0.2, 0.25) is 0 Å². The van der Waals surface area contributed by atoms with Gasteiger partial charge < -0.3 is 0 Å². The summed E-state index contributed by atoms with van der Waals surface area (Å²) in [6.45, 7) is 1.67. The number of allylic oxidation sites excluding steroid dienone is 2. The van der Waals surface area contributed by atoms with Gasteiger partial charge in [-0.15, -0.1) is 0 Å². The molecular formula is C9H12OS. The molecule has 0 spiro atoms. The summed E-state index contributed by atoms with van der Waals surface area (Å²) >= 11 is 1.54. The van der Waals surface area contributed by atoms with Crippen LogP contribution in [0.5, 0.6) is 0 Å². The van der Waals surface area contributed by atoms with Gasteiger partial charge in [0, 0.05) is 12.2 Å². The quantitative estimate of drug-likeness (QED) is 0.558. The van der Waals surface area contributed by atoms with Crippen molar-refractivity contribution >= 4 is 16.9 Å². The van der Waals surface area contributed by atoms with Gasteiger partial charge in [-0.3, -0.25) is 4.79 Å². The van der Waals surface area contributed by atoms with Gasteiger partial charge in [-0.25, -0.2) is 0 Å². The number of hydrogen-bond donors (Lipinski definition) is 0. The van der Waals surface area contributed by atoms with Crippen LogP contribution in [0.2, 0.25) is 0 Å². The highest BCUT2D eigenvalue weighted by molar-refractivity contribution is 8.14. The summed E-state index contributed by atoms with van der Waals surface area (Å²) < 4.78 is 0. The highest BCUT2D eigenvalue weighted by Crippen LogP contribution is 2.44. The van der Waals surface area contributed by atoms with Crippen molar-refractivity contribution in [2.45, 2.75) is 25.0 Å². The second-order valence-electron chi connectivity index (χ2n) is 3.43. The van der Waals surface area contributed by atoms with Crippen LogP contribution in [-0.2, 0) is 4.79 Å². The summed E-state index contributed by atoms with van der Waals surface area (Å²) in [6, 6.07) is 0. The maximum Gasteiger partial charge on any atom is 0.186 e. The van der Waals surface area contributed by atoms with Crippen LogP contribution in [-0.4, -0.2) is 10.4 Å². The molecule has 2 aliphatic carbocycles. The summed E-state index contributed by atoms with van der Waals surface area (Å²) in [5.41, 5.74) is 0. The predicted octanol–water partition coefficient (Wildman–Crippen LogP) is 2.23. The van der Waals surface area contributed by atoms with E-state index in [0.717, 1.165) is 5.92 Å². The first-order valence-electron chi connectivity index (χ1n) is 4.11. The monoisotopic (exact) mass is 168 g/mol. The van der Waals surface area contributed by atoms with E-state index in [1.807, 2.05) is 0 Å². The highest BCUT2D eigenvalue weighted by atomic mass is 32.2. The van der Waals surface area contributed by atoms with Crippen molar-refractivity contribution in [3.63, 3.8) is 0 Å². The van der Waals surface area contributed by atoms with Crippen molar-refractivity contribution < 1.29 is 4.79 Å². The highest BCUT2D eigenvalue weighted by Gasteiger charge is 2.36. The molecule has 2 rings (SSSR count). The average Bonchev–Trinajstić information content (AvgIpc) is 2.45. The minimum absolute atomic E-state index is 0.274. The van der Waals surface area contributed by atoms with Crippen LogP contribution in [0, 0.1) is 11.8 Å². The van der Waals surface area contributed by atoms with E-state index in [-0.39, 0.29) is 5.12 Å². The minimum Gasteiger partial charge on any atom is -0.288 e. The van der Waals surface area contributed by atoms with Gasteiger partial charge in [-0.2, -0.15) is 0 Å². The first kappa shape index (κ1) is 7.41. The average molecular weight is 168 g/mol. The van der Waals surface area contributed by atoms with Crippen LogP contribution in [0.25, 0.3) is 0 Å². The molecule has 0 amide bonds. The Labute approximate surface area is 71.2 Å². The van der Waals surface area contributed by atoms with Crippen LogP contribution >= 0.6 is 11.8 Å². The molecule has 2 aliphatic rings. The molecular weight excluding hydrogens is 156 g/mol. The third kappa shape index (κ3) is 1.36.